The normalized spacial score (nSPS) is 16.0. The highest BCUT2D eigenvalue weighted by molar-refractivity contribution is 5.90. The maximum absolute atomic E-state index is 10.9. The van der Waals surface area contributed by atoms with Crippen LogP contribution in [0.5, 0.6) is 0 Å². The molecule has 0 saturated carbocycles. The number of aromatic nitrogens is 2. The number of aryl methyl sites for hydroxylation is 1. The van der Waals surface area contributed by atoms with Crippen molar-refractivity contribution in [2.24, 2.45) is 0 Å². The van der Waals surface area contributed by atoms with E-state index in [0.29, 0.717) is 11.7 Å². The summed E-state index contributed by atoms with van der Waals surface area (Å²) in [5.41, 5.74) is 4.69. The minimum atomic E-state index is -0.833. The standard InChI is InChI=1S/C19H23N5O2.C2H4O2/c1-14-2-4-15(5-3-14)12-24-9-8-17(13-24)22-18-11-20-16(10-21-18)6-7-19(25)23-26;1-2(3)4/h2-7,10-11,17,26H,8-9,12-13H2,1H3,(H,21,22)(H,23,25);1H3,(H,3,4)/t17-;/m1./s1. The zero-order chi connectivity index (χ0) is 21.9. The lowest BCUT2D eigenvalue weighted by Crippen LogP contribution is -2.26. The third-order valence-corrected chi connectivity index (χ3v) is 4.34. The van der Waals surface area contributed by atoms with Crippen molar-refractivity contribution in [1.29, 1.82) is 0 Å². The van der Waals surface area contributed by atoms with Gasteiger partial charge in [-0.05, 0) is 25.0 Å². The van der Waals surface area contributed by atoms with Gasteiger partial charge in [0.2, 0.25) is 0 Å². The molecule has 4 N–H and O–H groups in total. The van der Waals surface area contributed by atoms with Crippen molar-refractivity contribution >= 4 is 23.8 Å². The molecule has 30 heavy (non-hydrogen) atoms. The van der Waals surface area contributed by atoms with Crippen LogP contribution in [0.4, 0.5) is 5.82 Å². The SMILES string of the molecule is CC(=O)O.Cc1ccc(CN2CC[C@@H](Nc3cnc(C=CC(=O)NO)cn3)C2)cc1. The molecular formula is C21H27N5O4. The van der Waals surface area contributed by atoms with Crippen molar-refractivity contribution in [3.05, 3.63) is 59.6 Å². The Hall–Kier alpha value is -3.30. The Balaban J connectivity index is 0.000000735. The first-order valence-electron chi connectivity index (χ1n) is 9.54. The number of carboxylic acids is 1. The van der Waals surface area contributed by atoms with E-state index in [1.165, 1.54) is 28.8 Å². The molecule has 160 valence electrons. The summed E-state index contributed by atoms with van der Waals surface area (Å²) in [6, 6.07) is 9.01. The maximum Gasteiger partial charge on any atom is 0.300 e. The summed E-state index contributed by atoms with van der Waals surface area (Å²) in [6.45, 7) is 6.16. The lowest BCUT2D eigenvalue weighted by atomic mass is 10.1. The first kappa shape index (κ1) is 23.0. The number of carboxylic acid groups (broad SMARTS) is 1. The molecule has 1 aliphatic heterocycles. The highest BCUT2D eigenvalue weighted by Crippen LogP contribution is 2.17. The first-order chi connectivity index (χ1) is 14.4. The number of amides is 1. The van der Waals surface area contributed by atoms with Crippen LogP contribution in [-0.2, 0) is 16.1 Å². The molecule has 1 aliphatic rings. The Morgan fingerprint density at radius 2 is 1.93 bits per heavy atom. The van der Waals surface area contributed by atoms with Crippen LogP contribution in [0.1, 0.15) is 30.2 Å². The Morgan fingerprint density at radius 3 is 2.53 bits per heavy atom. The lowest BCUT2D eigenvalue weighted by molar-refractivity contribution is -0.134. The summed E-state index contributed by atoms with van der Waals surface area (Å²) in [4.78, 5) is 30.9. The molecule has 2 aromatic rings. The topological polar surface area (TPSA) is 128 Å². The Labute approximate surface area is 175 Å². The van der Waals surface area contributed by atoms with Gasteiger partial charge in [-0.15, -0.1) is 0 Å². The number of benzene rings is 1. The predicted molar refractivity (Wildman–Crippen MR) is 113 cm³/mol. The second-order valence-electron chi connectivity index (χ2n) is 7.01. The first-order valence-corrected chi connectivity index (χ1v) is 9.54. The molecule has 1 saturated heterocycles. The zero-order valence-corrected chi connectivity index (χ0v) is 17.1. The molecule has 0 spiro atoms. The average molecular weight is 413 g/mol. The van der Waals surface area contributed by atoms with Crippen molar-refractivity contribution in [2.45, 2.75) is 32.9 Å². The van der Waals surface area contributed by atoms with Gasteiger partial charge in [0.15, 0.2) is 0 Å². The molecule has 9 heteroatoms. The van der Waals surface area contributed by atoms with Crippen molar-refractivity contribution in [3.63, 3.8) is 0 Å². The average Bonchev–Trinajstić information content (AvgIpc) is 3.15. The lowest BCUT2D eigenvalue weighted by Gasteiger charge is -2.17. The van der Waals surface area contributed by atoms with Crippen molar-refractivity contribution in [3.8, 4) is 0 Å². The molecule has 0 aliphatic carbocycles. The number of anilines is 1. The van der Waals surface area contributed by atoms with Gasteiger partial charge in [0, 0.05) is 38.7 Å². The van der Waals surface area contributed by atoms with Gasteiger partial charge in [-0.1, -0.05) is 29.8 Å². The van der Waals surface area contributed by atoms with E-state index in [0.717, 1.165) is 38.8 Å². The number of likely N-dealkylation sites (tertiary alicyclic amines) is 1. The number of aliphatic carboxylic acids is 1. The number of carbonyl (C=O) groups is 2. The highest BCUT2D eigenvalue weighted by Gasteiger charge is 2.22. The van der Waals surface area contributed by atoms with E-state index < -0.39 is 11.9 Å². The third kappa shape index (κ3) is 8.38. The van der Waals surface area contributed by atoms with E-state index in [1.54, 1.807) is 12.4 Å². The van der Waals surface area contributed by atoms with Crippen LogP contribution in [-0.4, -0.2) is 56.2 Å². The fraction of sp³-hybridized carbons (Fsp3) is 0.333. The largest absolute Gasteiger partial charge is 0.481 e. The molecular weight excluding hydrogens is 386 g/mol. The number of carbonyl (C=O) groups excluding carboxylic acids is 1. The number of hydroxylamine groups is 1. The van der Waals surface area contributed by atoms with Crippen LogP contribution in [0, 0.1) is 6.92 Å². The number of hydrogen-bond donors (Lipinski definition) is 4. The second-order valence-corrected chi connectivity index (χ2v) is 7.01. The third-order valence-electron chi connectivity index (χ3n) is 4.34. The molecule has 0 radical (unpaired) electrons. The van der Waals surface area contributed by atoms with E-state index in [4.69, 9.17) is 15.1 Å². The summed E-state index contributed by atoms with van der Waals surface area (Å²) in [6.07, 6.45) is 6.98. The molecule has 3 rings (SSSR count). The van der Waals surface area contributed by atoms with Gasteiger partial charge in [0.05, 0.1) is 18.1 Å². The van der Waals surface area contributed by atoms with Gasteiger partial charge in [0.25, 0.3) is 11.9 Å². The molecule has 1 fully saturated rings. The van der Waals surface area contributed by atoms with Crippen LogP contribution in [0.25, 0.3) is 6.08 Å². The van der Waals surface area contributed by atoms with E-state index in [-0.39, 0.29) is 0 Å². The summed E-state index contributed by atoms with van der Waals surface area (Å²) in [7, 11) is 0. The maximum atomic E-state index is 10.9. The van der Waals surface area contributed by atoms with Gasteiger partial charge in [-0.2, -0.15) is 0 Å². The minimum absolute atomic E-state index is 0.344. The number of hydrogen-bond acceptors (Lipinski definition) is 7. The fourth-order valence-corrected chi connectivity index (χ4v) is 2.95. The van der Waals surface area contributed by atoms with E-state index in [9.17, 15) is 4.79 Å². The van der Waals surface area contributed by atoms with E-state index in [1.807, 2.05) is 0 Å². The summed E-state index contributed by atoms with van der Waals surface area (Å²) in [5, 5.41) is 19.3. The van der Waals surface area contributed by atoms with Crippen LogP contribution in [0.2, 0.25) is 0 Å². The Morgan fingerprint density at radius 1 is 1.23 bits per heavy atom. The molecule has 9 nitrogen and oxygen atoms in total. The molecule has 1 amide bonds. The molecule has 1 aromatic carbocycles. The van der Waals surface area contributed by atoms with Crippen molar-refractivity contribution < 1.29 is 19.9 Å². The van der Waals surface area contributed by atoms with Gasteiger partial charge < -0.3 is 10.4 Å². The van der Waals surface area contributed by atoms with Gasteiger partial charge >= 0.3 is 0 Å². The number of nitrogens with zero attached hydrogens (tertiary/aromatic N) is 3. The summed E-state index contributed by atoms with van der Waals surface area (Å²) in [5.74, 6) is -0.718. The summed E-state index contributed by atoms with van der Waals surface area (Å²) >= 11 is 0. The Bertz CT molecular complexity index is 849. The zero-order valence-electron chi connectivity index (χ0n) is 17.1. The van der Waals surface area contributed by atoms with Gasteiger partial charge in [-0.3, -0.25) is 24.7 Å². The molecule has 1 aromatic heterocycles. The number of rotatable bonds is 6. The molecule has 0 unspecified atom stereocenters. The second kappa shape index (κ2) is 11.6. The predicted octanol–water partition coefficient (Wildman–Crippen LogP) is 2.08. The van der Waals surface area contributed by atoms with Crippen molar-refractivity contribution in [2.75, 3.05) is 18.4 Å². The monoisotopic (exact) mass is 413 g/mol. The fourth-order valence-electron chi connectivity index (χ4n) is 2.95. The van der Waals surface area contributed by atoms with Crippen molar-refractivity contribution in [1.82, 2.24) is 20.3 Å². The molecule has 0 bridgehead atoms. The van der Waals surface area contributed by atoms with Crippen LogP contribution in [0.15, 0.2) is 42.7 Å². The van der Waals surface area contributed by atoms with Crippen LogP contribution < -0.4 is 10.8 Å². The minimum Gasteiger partial charge on any atom is -0.481 e. The van der Waals surface area contributed by atoms with Crippen LogP contribution in [0.3, 0.4) is 0 Å². The van der Waals surface area contributed by atoms with Gasteiger partial charge in [0.1, 0.15) is 5.82 Å². The van der Waals surface area contributed by atoms with Gasteiger partial charge in [-0.25, -0.2) is 10.5 Å². The van der Waals surface area contributed by atoms with Crippen LogP contribution >= 0.6 is 0 Å². The molecule has 1 atom stereocenters. The molecule has 2 heterocycles. The quantitative estimate of drug-likeness (QED) is 0.322. The smallest absolute Gasteiger partial charge is 0.300 e. The highest BCUT2D eigenvalue weighted by atomic mass is 16.5. The number of nitrogens with one attached hydrogen (secondary N) is 2. The van der Waals surface area contributed by atoms with E-state index in [2.05, 4.69) is 51.4 Å². The van der Waals surface area contributed by atoms with E-state index >= 15 is 0 Å². The Kier molecular flexibility index (Phi) is 8.92. The summed E-state index contributed by atoms with van der Waals surface area (Å²) < 4.78 is 0.